The van der Waals surface area contributed by atoms with E-state index in [9.17, 15) is 9.59 Å². The fourth-order valence-electron chi connectivity index (χ4n) is 3.55. The molecule has 0 unspecified atom stereocenters. The van der Waals surface area contributed by atoms with Gasteiger partial charge in [-0.1, -0.05) is 71.0 Å². The first-order valence-corrected chi connectivity index (χ1v) is 11.6. The summed E-state index contributed by atoms with van der Waals surface area (Å²) in [6.07, 6.45) is -0.681. The van der Waals surface area contributed by atoms with Gasteiger partial charge in [-0.25, -0.2) is 0 Å². The highest BCUT2D eigenvalue weighted by atomic mass is 16.5. The number of nitrogens with one attached hydrogen (secondary N) is 2. The summed E-state index contributed by atoms with van der Waals surface area (Å²) < 4.78 is 5.95. The summed E-state index contributed by atoms with van der Waals surface area (Å²) in [7, 11) is 0. The molecule has 2 N–H and O–H groups in total. The molecule has 34 heavy (non-hydrogen) atoms. The van der Waals surface area contributed by atoms with Crippen molar-refractivity contribution in [2.45, 2.75) is 59.0 Å². The summed E-state index contributed by atoms with van der Waals surface area (Å²) in [5.74, 6) is 0.529. The lowest BCUT2D eigenvalue weighted by Crippen LogP contribution is -2.30. The molecule has 0 saturated carbocycles. The minimum atomic E-state index is -0.681. The van der Waals surface area contributed by atoms with Gasteiger partial charge in [-0.15, -0.1) is 0 Å². The van der Waals surface area contributed by atoms with Crippen molar-refractivity contribution in [1.29, 1.82) is 0 Å². The third kappa shape index (κ3) is 6.47. The molecule has 0 saturated heterocycles. The van der Waals surface area contributed by atoms with Crippen LogP contribution >= 0.6 is 0 Å². The number of carbonyl (C=O) groups is 2. The second-order valence-corrected chi connectivity index (χ2v) is 9.80. The predicted molar refractivity (Wildman–Crippen MR) is 139 cm³/mol. The van der Waals surface area contributed by atoms with Gasteiger partial charge >= 0.3 is 0 Å². The summed E-state index contributed by atoms with van der Waals surface area (Å²) in [6.45, 7) is 12.3. The van der Waals surface area contributed by atoms with Gasteiger partial charge in [0.15, 0.2) is 6.10 Å². The molecule has 2 amide bonds. The van der Waals surface area contributed by atoms with Gasteiger partial charge in [0, 0.05) is 16.9 Å². The molecule has 0 bridgehead atoms. The molecule has 0 aliphatic carbocycles. The summed E-state index contributed by atoms with van der Waals surface area (Å²) >= 11 is 0. The number of benzene rings is 3. The highest BCUT2D eigenvalue weighted by molar-refractivity contribution is 6.04. The Morgan fingerprint density at radius 3 is 2.03 bits per heavy atom. The predicted octanol–water partition coefficient (Wildman–Crippen LogP) is 6.77. The quantitative estimate of drug-likeness (QED) is 0.411. The minimum Gasteiger partial charge on any atom is -0.481 e. The first-order valence-electron chi connectivity index (χ1n) is 11.6. The van der Waals surface area contributed by atoms with E-state index in [0.29, 0.717) is 22.7 Å². The molecule has 0 aromatic heterocycles. The van der Waals surface area contributed by atoms with Crippen molar-refractivity contribution in [3.05, 3.63) is 89.5 Å². The van der Waals surface area contributed by atoms with Crippen molar-refractivity contribution in [3.63, 3.8) is 0 Å². The SMILES string of the molecule is CC(C)c1ccccc1O[C@@H](C)C(=O)Nc1cccc(NC(=O)c2ccc(C(C)(C)C)cc2)c1. The summed E-state index contributed by atoms with van der Waals surface area (Å²) in [5, 5.41) is 5.77. The molecule has 3 aromatic carbocycles. The first-order chi connectivity index (χ1) is 16.0. The van der Waals surface area contributed by atoms with Crippen molar-refractivity contribution in [1.82, 2.24) is 0 Å². The van der Waals surface area contributed by atoms with Crippen LogP contribution in [0.2, 0.25) is 0 Å². The van der Waals surface area contributed by atoms with Crippen LogP contribution in [-0.4, -0.2) is 17.9 Å². The highest BCUT2D eigenvalue weighted by Crippen LogP contribution is 2.27. The van der Waals surface area contributed by atoms with Gasteiger partial charge in [0.05, 0.1) is 0 Å². The number of para-hydroxylation sites is 1. The number of amides is 2. The summed E-state index contributed by atoms with van der Waals surface area (Å²) in [4.78, 5) is 25.4. The molecule has 178 valence electrons. The molecule has 1 atom stereocenters. The van der Waals surface area contributed by atoms with E-state index in [4.69, 9.17) is 4.74 Å². The third-order valence-corrected chi connectivity index (χ3v) is 5.62. The van der Waals surface area contributed by atoms with Crippen LogP contribution in [0.3, 0.4) is 0 Å². The van der Waals surface area contributed by atoms with E-state index in [2.05, 4.69) is 45.3 Å². The van der Waals surface area contributed by atoms with E-state index in [1.54, 1.807) is 31.2 Å². The van der Waals surface area contributed by atoms with Gasteiger partial charge in [-0.3, -0.25) is 9.59 Å². The second-order valence-electron chi connectivity index (χ2n) is 9.80. The van der Waals surface area contributed by atoms with Crippen molar-refractivity contribution in [3.8, 4) is 5.75 Å². The molecule has 0 aliphatic rings. The lowest BCUT2D eigenvalue weighted by molar-refractivity contribution is -0.122. The van der Waals surface area contributed by atoms with Crippen LogP contribution in [0, 0.1) is 0 Å². The van der Waals surface area contributed by atoms with Gasteiger partial charge in [-0.2, -0.15) is 0 Å². The first kappa shape index (κ1) is 25.0. The Kier molecular flexibility index (Phi) is 7.77. The molecular weight excluding hydrogens is 424 g/mol. The standard InChI is InChI=1S/C29H34N2O3/c1-19(2)25-12-7-8-13-26(25)34-20(3)27(32)30-23-10-9-11-24(18-23)31-28(33)21-14-16-22(17-15-21)29(4,5)6/h7-20H,1-6H3,(H,30,32)(H,31,33)/t20-/m0/s1. The molecular formula is C29H34N2O3. The Bertz CT molecular complexity index is 1140. The number of anilines is 2. The number of hydrogen-bond acceptors (Lipinski definition) is 3. The second kappa shape index (κ2) is 10.6. The van der Waals surface area contributed by atoms with E-state index in [1.165, 1.54) is 5.56 Å². The van der Waals surface area contributed by atoms with Gasteiger partial charge in [-0.05, 0) is 65.8 Å². The van der Waals surface area contributed by atoms with Crippen molar-refractivity contribution in [2.24, 2.45) is 0 Å². The Balaban J connectivity index is 1.64. The van der Waals surface area contributed by atoms with Crippen molar-refractivity contribution in [2.75, 3.05) is 10.6 Å². The largest absolute Gasteiger partial charge is 0.481 e. The van der Waals surface area contributed by atoms with E-state index < -0.39 is 6.10 Å². The van der Waals surface area contributed by atoms with Gasteiger partial charge in [0.25, 0.3) is 11.8 Å². The van der Waals surface area contributed by atoms with Crippen LogP contribution in [0.25, 0.3) is 0 Å². The van der Waals surface area contributed by atoms with Crippen molar-refractivity contribution < 1.29 is 14.3 Å². The molecule has 5 heteroatoms. The summed E-state index contributed by atoms with van der Waals surface area (Å²) in [6, 6.07) is 22.4. The average Bonchev–Trinajstić information content (AvgIpc) is 2.79. The molecule has 0 aliphatic heterocycles. The van der Waals surface area contributed by atoms with E-state index in [-0.39, 0.29) is 23.1 Å². The van der Waals surface area contributed by atoms with E-state index in [0.717, 1.165) is 5.56 Å². The fraction of sp³-hybridized carbons (Fsp3) is 0.310. The molecule has 0 heterocycles. The van der Waals surface area contributed by atoms with Crippen LogP contribution in [0.15, 0.2) is 72.8 Å². The molecule has 0 spiro atoms. The van der Waals surface area contributed by atoms with Crippen LogP contribution in [-0.2, 0) is 10.2 Å². The molecule has 3 aromatic rings. The normalized spacial score (nSPS) is 12.2. The summed E-state index contributed by atoms with van der Waals surface area (Å²) in [5.41, 5.74) is 4.01. The van der Waals surface area contributed by atoms with Crippen LogP contribution in [0.5, 0.6) is 5.75 Å². The maximum Gasteiger partial charge on any atom is 0.265 e. The minimum absolute atomic E-state index is 0.0270. The van der Waals surface area contributed by atoms with E-state index >= 15 is 0 Å². The number of rotatable bonds is 7. The number of ether oxygens (including phenoxy) is 1. The molecule has 0 radical (unpaired) electrons. The number of hydrogen-bond donors (Lipinski definition) is 2. The number of carbonyl (C=O) groups excluding carboxylic acids is 2. The topological polar surface area (TPSA) is 67.4 Å². The third-order valence-electron chi connectivity index (χ3n) is 5.62. The Labute approximate surface area is 202 Å². The van der Waals surface area contributed by atoms with Crippen LogP contribution < -0.4 is 15.4 Å². The zero-order valence-corrected chi connectivity index (χ0v) is 20.8. The smallest absolute Gasteiger partial charge is 0.265 e. The van der Waals surface area contributed by atoms with Crippen molar-refractivity contribution >= 4 is 23.2 Å². The Hall–Kier alpha value is -3.60. The van der Waals surface area contributed by atoms with Gasteiger partial charge in [0.2, 0.25) is 0 Å². The average molecular weight is 459 g/mol. The maximum absolute atomic E-state index is 12.7. The molecule has 3 rings (SSSR count). The maximum atomic E-state index is 12.7. The Morgan fingerprint density at radius 1 is 0.794 bits per heavy atom. The van der Waals surface area contributed by atoms with Crippen LogP contribution in [0.1, 0.15) is 68.9 Å². The molecule has 5 nitrogen and oxygen atoms in total. The van der Waals surface area contributed by atoms with Gasteiger partial charge in [0.1, 0.15) is 5.75 Å². The monoisotopic (exact) mass is 458 g/mol. The zero-order chi connectivity index (χ0) is 24.9. The Morgan fingerprint density at radius 2 is 1.41 bits per heavy atom. The fourth-order valence-corrected chi connectivity index (χ4v) is 3.55. The zero-order valence-electron chi connectivity index (χ0n) is 20.8. The lowest BCUT2D eigenvalue weighted by atomic mass is 9.87. The lowest BCUT2D eigenvalue weighted by Gasteiger charge is -2.19. The molecule has 0 fully saturated rings. The highest BCUT2D eigenvalue weighted by Gasteiger charge is 2.18. The van der Waals surface area contributed by atoms with Crippen LogP contribution in [0.4, 0.5) is 11.4 Å². The van der Waals surface area contributed by atoms with Gasteiger partial charge < -0.3 is 15.4 Å². The van der Waals surface area contributed by atoms with E-state index in [1.807, 2.05) is 48.5 Å².